The molecule has 0 aliphatic carbocycles. The Hall–Kier alpha value is -2.81. The van der Waals surface area contributed by atoms with Crippen molar-refractivity contribution in [1.82, 2.24) is 25.1 Å². The summed E-state index contributed by atoms with van der Waals surface area (Å²) >= 11 is 5.82. The molecule has 2 unspecified atom stereocenters. The number of fused-ring (bicyclic) bond motifs is 1. The molecule has 0 saturated carbocycles. The van der Waals surface area contributed by atoms with E-state index in [1.54, 1.807) is 6.08 Å². The van der Waals surface area contributed by atoms with Crippen LogP contribution in [0.2, 0.25) is 5.02 Å². The third-order valence-electron chi connectivity index (χ3n) is 4.53. The number of carbonyl (C=O) groups is 2. The molecule has 1 fully saturated rings. The normalized spacial score (nSPS) is 21.8. The summed E-state index contributed by atoms with van der Waals surface area (Å²) in [5.74, 6) is -2.23. The number of carbonyl (C=O) groups excluding carboxylic acids is 2. The lowest BCUT2D eigenvalue weighted by atomic mass is 10.1. The number of nitrogens with zero attached hydrogens (tertiary/aromatic N) is 5. The van der Waals surface area contributed by atoms with Gasteiger partial charge in [-0.3, -0.25) is 4.79 Å². The molecule has 0 spiro atoms. The van der Waals surface area contributed by atoms with Crippen LogP contribution in [-0.4, -0.2) is 49.1 Å². The minimum absolute atomic E-state index is 0.0340. The summed E-state index contributed by atoms with van der Waals surface area (Å²) in [5, 5.41) is 10.5. The van der Waals surface area contributed by atoms with Gasteiger partial charge >= 0.3 is 5.97 Å². The Labute approximate surface area is 152 Å². The van der Waals surface area contributed by atoms with E-state index in [2.05, 4.69) is 15.5 Å². The summed E-state index contributed by atoms with van der Waals surface area (Å²) in [6.45, 7) is 0. The van der Waals surface area contributed by atoms with Gasteiger partial charge in [-0.2, -0.15) is 4.68 Å². The molecule has 26 heavy (non-hydrogen) atoms. The molecule has 0 bridgehead atoms. The molecule has 2 atom stereocenters. The van der Waals surface area contributed by atoms with E-state index in [1.165, 1.54) is 29.4 Å². The van der Waals surface area contributed by atoms with Gasteiger partial charge in [-0.05, 0) is 47.9 Å². The first-order valence-electron chi connectivity index (χ1n) is 7.98. The quantitative estimate of drug-likeness (QED) is 0.597. The van der Waals surface area contributed by atoms with Gasteiger partial charge in [0.25, 0.3) is 0 Å². The first kappa shape index (κ1) is 16.6. The first-order valence-corrected chi connectivity index (χ1v) is 8.36. The number of rotatable bonds is 3. The molecule has 1 aromatic heterocycles. The Balaban J connectivity index is 1.65. The number of hydrogen-bond acceptors (Lipinski definition) is 6. The van der Waals surface area contributed by atoms with Crippen molar-refractivity contribution >= 4 is 23.5 Å². The summed E-state index contributed by atoms with van der Waals surface area (Å²) < 4.78 is 21.0. The lowest BCUT2D eigenvalue weighted by Crippen LogP contribution is -2.47. The highest BCUT2D eigenvalue weighted by Crippen LogP contribution is 2.34. The predicted octanol–water partition coefficient (Wildman–Crippen LogP) is 1.68. The van der Waals surface area contributed by atoms with Crippen molar-refractivity contribution in [2.24, 2.45) is 0 Å². The number of amides is 1. The van der Waals surface area contributed by atoms with E-state index in [4.69, 9.17) is 16.3 Å². The minimum Gasteiger partial charge on any atom is -0.419 e. The number of benzene rings is 1. The number of aromatic nitrogens is 4. The van der Waals surface area contributed by atoms with Gasteiger partial charge in [-0.1, -0.05) is 17.7 Å². The summed E-state index contributed by atoms with van der Waals surface area (Å²) in [4.78, 5) is 26.3. The highest BCUT2D eigenvalue weighted by molar-refractivity contribution is 6.31. The zero-order chi connectivity index (χ0) is 18.3. The lowest BCUT2D eigenvalue weighted by Gasteiger charge is -2.30. The van der Waals surface area contributed by atoms with Gasteiger partial charge < -0.3 is 9.64 Å². The molecule has 1 aromatic carbocycles. The van der Waals surface area contributed by atoms with Crippen molar-refractivity contribution < 1.29 is 18.7 Å². The monoisotopic (exact) mass is 377 g/mol. The predicted molar refractivity (Wildman–Crippen MR) is 87.2 cm³/mol. The fraction of sp³-hybridized carbons (Fsp3) is 0.312. The maximum atomic E-state index is 14.5. The van der Waals surface area contributed by atoms with E-state index in [0.717, 1.165) is 4.68 Å². The molecular formula is C16H13ClFN5O3. The van der Waals surface area contributed by atoms with Gasteiger partial charge in [0.1, 0.15) is 18.1 Å². The number of tetrazole rings is 1. The zero-order valence-electron chi connectivity index (χ0n) is 13.4. The van der Waals surface area contributed by atoms with Gasteiger partial charge in [-0.15, -0.1) is 5.10 Å². The van der Waals surface area contributed by atoms with Crippen LogP contribution in [0.25, 0.3) is 5.69 Å². The largest absolute Gasteiger partial charge is 0.419 e. The van der Waals surface area contributed by atoms with Crippen LogP contribution in [0.5, 0.6) is 5.75 Å². The highest BCUT2D eigenvalue weighted by atomic mass is 35.5. The van der Waals surface area contributed by atoms with Gasteiger partial charge in [0.2, 0.25) is 5.91 Å². The molecule has 10 heteroatoms. The van der Waals surface area contributed by atoms with E-state index in [9.17, 15) is 14.0 Å². The zero-order valence-corrected chi connectivity index (χ0v) is 14.1. The van der Waals surface area contributed by atoms with Crippen molar-refractivity contribution in [2.75, 3.05) is 0 Å². The Morgan fingerprint density at radius 3 is 2.96 bits per heavy atom. The number of esters is 1. The van der Waals surface area contributed by atoms with E-state index >= 15 is 0 Å². The fourth-order valence-electron chi connectivity index (χ4n) is 3.33. The standard InChI is InChI=1S/C16H13ClFN5O3/c17-10-5-7-11(22-8-19-20-21-22)15(14(10)18)26-16(25)12-6-4-9-2-1-3-13(24)23(9)12/h1,3,5,7-9,12H,2,4,6H2. The molecule has 8 nitrogen and oxygen atoms in total. The molecule has 1 amide bonds. The Morgan fingerprint density at radius 1 is 1.35 bits per heavy atom. The Morgan fingerprint density at radius 2 is 2.19 bits per heavy atom. The molecule has 4 rings (SSSR count). The lowest BCUT2D eigenvalue weighted by molar-refractivity contribution is -0.146. The summed E-state index contributed by atoms with van der Waals surface area (Å²) in [6.07, 6.45) is 6.31. The van der Waals surface area contributed by atoms with Crippen LogP contribution in [0.15, 0.2) is 30.6 Å². The average Bonchev–Trinajstić information content (AvgIpc) is 3.29. The van der Waals surface area contributed by atoms with Gasteiger partial charge in [0.05, 0.1) is 5.02 Å². The van der Waals surface area contributed by atoms with Crippen LogP contribution < -0.4 is 4.74 Å². The molecule has 134 valence electrons. The third kappa shape index (κ3) is 2.74. The van der Waals surface area contributed by atoms with Crippen LogP contribution in [-0.2, 0) is 9.59 Å². The summed E-state index contributed by atoms with van der Waals surface area (Å²) in [5.41, 5.74) is 0.129. The van der Waals surface area contributed by atoms with Crippen molar-refractivity contribution in [3.05, 3.63) is 41.5 Å². The smallest absolute Gasteiger partial charge is 0.334 e. The van der Waals surface area contributed by atoms with Crippen LogP contribution in [0.1, 0.15) is 19.3 Å². The van der Waals surface area contributed by atoms with Crippen LogP contribution in [0.3, 0.4) is 0 Å². The second-order valence-corrected chi connectivity index (χ2v) is 6.42. The third-order valence-corrected chi connectivity index (χ3v) is 4.82. The molecule has 0 N–H and O–H groups in total. The van der Waals surface area contributed by atoms with Crippen molar-refractivity contribution in [3.63, 3.8) is 0 Å². The van der Waals surface area contributed by atoms with Crippen LogP contribution in [0, 0.1) is 5.82 Å². The first-order chi connectivity index (χ1) is 12.6. The SMILES string of the molecule is O=C(Oc1c(-n2cnnn2)ccc(Cl)c1F)C1CCC2CC=CC(=O)N21. The summed E-state index contributed by atoms with van der Waals surface area (Å²) in [7, 11) is 0. The summed E-state index contributed by atoms with van der Waals surface area (Å²) in [6, 6.07) is 1.96. The maximum absolute atomic E-state index is 14.5. The number of hydrogen-bond donors (Lipinski definition) is 0. The van der Waals surface area contributed by atoms with Crippen molar-refractivity contribution in [1.29, 1.82) is 0 Å². The van der Waals surface area contributed by atoms with Gasteiger partial charge in [0.15, 0.2) is 11.6 Å². The second-order valence-electron chi connectivity index (χ2n) is 6.02. The molecule has 1 saturated heterocycles. The molecule has 0 radical (unpaired) electrons. The fourth-order valence-corrected chi connectivity index (χ4v) is 3.48. The van der Waals surface area contributed by atoms with E-state index < -0.39 is 17.8 Å². The topological polar surface area (TPSA) is 90.2 Å². The molecule has 2 aliphatic heterocycles. The molecule has 2 aliphatic rings. The van der Waals surface area contributed by atoms with Crippen molar-refractivity contribution in [3.8, 4) is 11.4 Å². The van der Waals surface area contributed by atoms with E-state index in [0.29, 0.717) is 19.3 Å². The van der Waals surface area contributed by atoms with E-state index in [1.807, 2.05) is 0 Å². The highest BCUT2D eigenvalue weighted by Gasteiger charge is 2.42. The minimum atomic E-state index is -0.896. The Kier molecular flexibility index (Phi) is 4.15. The van der Waals surface area contributed by atoms with Gasteiger partial charge in [-0.25, -0.2) is 9.18 Å². The maximum Gasteiger partial charge on any atom is 0.334 e. The molecule has 2 aromatic rings. The van der Waals surface area contributed by atoms with Crippen LogP contribution >= 0.6 is 11.6 Å². The molecular weight excluding hydrogens is 365 g/mol. The van der Waals surface area contributed by atoms with Crippen molar-refractivity contribution in [2.45, 2.75) is 31.3 Å². The Bertz CT molecular complexity index is 902. The average molecular weight is 378 g/mol. The second kappa shape index (κ2) is 6.49. The van der Waals surface area contributed by atoms with E-state index in [-0.39, 0.29) is 28.4 Å². The molecule has 3 heterocycles. The number of ether oxygens (including phenoxy) is 1. The number of halogens is 2. The van der Waals surface area contributed by atoms with Gasteiger partial charge in [0, 0.05) is 6.04 Å². The van der Waals surface area contributed by atoms with Crippen LogP contribution in [0.4, 0.5) is 4.39 Å².